The van der Waals surface area contributed by atoms with Gasteiger partial charge >= 0.3 is 6.18 Å². The molecular weight excluding hydrogens is 197 g/mol. The molecule has 1 aliphatic carbocycles. The zero-order valence-electron chi connectivity index (χ0n) is 8.03. The molecule has 3 N–H and O–H groups in total. The predicted molar refractivity (Wildman–Crippen MR) is 45.9 cm³/mol. The van der Waals surface area contributed by atoms with Gasteiger partial charge in [0, 0.05) is 19.2 Å². The van der Waals surface area contributed by atoms with Crippen LogP contribution in [0, 0.1) is 0 Å². The third kappa shape index (κ3) is 2.83. The molecule has 0 aromatic rings. The minimum atomic E-state index is -4.18. The first-order valence-electron chi connectivity index (χ1n) is 4.45. The van der Waals surface area contributed by atoms with Gasteiger partial charge in [-0.15, -0.1) is 0 Å². The maximum Gasteiger partial charge on any atom is 0.401 e. The van der Waals surface area contributed by atoms with Crippen molar-refractivity contribution >= 4 is 0 Å². The van der Waals surface area contributed by atoms with Gasteiger partial charge < -0.3 is 15.8 Å². The van der Waals surface area contributed by atoms with E-state index in [-0.39, 0.29) is 12.6 Å². The van der Waals surface area contributed by atoms with E-state index in [0.29, 0.717) is 12.8 Å². The second kappa shape index (κ2) is 4.04. The molecule has 0 aliphatic heterocycles. The Morgan fingerprint density at radius 3 is 2.43 bits per heavy atom. The number of nitrogens with one attached hydrogen (secondary N) is 1. The van der Waals surface area contributed by atoms with E-state index < -0.39 is 18.3 Å². The van der Waals surface area contributed by atoms with Crippen LogP contribution in [-0.2, 0) is 4.74 Å². The molecule has 14 heavy (non-hydrogen) atoms. The van der Waals surface area contributed by atoms with E-state index in [1.807, 2.05) is 0 Å². The molecular formula is C8H15F3N2O. The Labute approximate surface area is 80.8 Å². The lowest BCUT2D eigenvalue weighted by Gasteiger charge is -2.47. The second-order valence-corrected chi connectivity index (χ2v) is 3.72. The summed E-state index contributed by atoms with van der Waals surface area (Å²) >= 11 is 0. The van der Waals surface area contributed by atoms with Crippen LogP contribution in [0.5, 0.6) is 0 Å². The standard InChI is InChI=1S/C8H15F3N2O/c1-14-6-2-7(3-6,4-12)13-5-8(9,10)11/h6,13H,2-5,12H2,1H3. The summed E-state index contributed by atoms with van der Waals surface area (Å²) in [6.45, 7) is -0.774. The lowest BCUT2D eigenvalue weighted by Crippen LogP contribution is -2.63. The SMILES string of the molecule is COC1CC(CN)(NCC(F)(F)F)C1. The molecule has 0 spiro atoms. The summed E-state index contributed by atoms with van der Waals surface area (Å²) < 4.78 is 40.8. The molecule has 0 aromatic heterocycles. The van der Waals surface area contributed by atoms with Crippen molar-refractivity contribution in [2.45, 2.75) is 30.7 Å². The third-order valence-corrected chi connectivity index (χ3v) is 2.62. The zero-order valence-corrected chi connectivity index (χ0v) is 8.03. The highest BCUT2D eigenvalue weighted by Crippen LogP contribution is 2.34. The number of halogens is 3. The summed E-state index contributed by atoms with van der Waals surface area (Å²) in [5.41, 5.74) is 4.86. The summed E-state index contributed by atoms with van der Waals surface area (Å²) in [4.78, 5) is 0. The largest absolute Gasteiger partial charge is 0.401 e. The second-order valence-electron chi connectivity index (χ2n) is 3.72. The van der Waals surface area contributed by atoms with Gasteiger partial charge in [-0.05, 0) is 12.8 Å². The van der Waals surface area contributed by atoms with Crippen LogP contribution in [0.4, 0.5) is 13.2 Å². The minimum absolute atomic E-state index is 0.0410. The molecule has 0 saturated heterocycles. The van der Waals surface area contributed by atoms with Crippen LogP contribution < -0.4 is 11.1 Å². The molecule has 0 aromatic carbocycles. The number of hydrogen-bond donors (Lipinski definition) is 2. The number of rotatable bonds is 4. The highest BCUT2D eigenvalue weighted by molar-refractivity contribution is 5.03. The number of methoxy groups -OCH3 is 1. The minimum Gasteiger partial charge on any atom is -0.381 e. The Balaban J connectivity index is 2.34. The van der Waals surface area contributed by atoms with Crippen LogP contribution in [0.1, 0.15) is 12.8 Å². The molecule has 84 valence electrons. The van der Waals surface area contributed by atoms with Crippen molar-refractivity contribution in [3.8, 4) is 0 Å². The van der Waals surface area contributed by atoms with Gasteiger partial charge in [0.25, 0.3) is 0 Å². The number of hydrogen-bond acceptors (Lipinski definition) is 3. The first-order chi connectivity index (χ1) is 6.41. The smallest absolute Gasteiger partial charge is 0.381 e. The van der Waals surface area contributed by atoms with Crippen molar-refractivity contribution in [3.05, 3.63) is 0 Å². The van der Waals surface area contributed by atoms with Gasteiger partial charge in [0.15, 0.2) is 0 Å². The Hall–Kier alpha value is -0.330. The van der Waals surface area contributed by atoms with Crippen molar-refractivity contribution in [1.82, 2.24) is 5.32 Å². The molecule has 0 radical (unpaired) electrons. The monoisotopic (exact) mass is 212 g/mol. The molecule has 0 amide bonds. The summed E-state index contributed by atoms with van der Waals surface area (Å²) in [6, 6.07) is 0. The zero-order chi connectivity index (χ0) is 10.8. The van der Waals surface area contributed by atoms with Crippen molar-refractivity contribution in [3.63, 3.8) is 0 Å². The van der Waals surface area contributed by atoms with E-state index in [0.717, 1.165) is 0 Å². The molecule has 0 heterocycles. The molecule has 3 nitrogen and oxygen atoms in total. The number of ether oxygens (including phenoxy) is 1. The van der Waals surface area contributed by atoms with E-state index in [2.05, 4.69) is 5.32 Å². The molecule has 0 atom stereocenters. The Morgan fingerprint density at radius 1 is 1.50 bits per heavy atom. The summed E-state index contributed by atoms with van der Waals surface area (Å²) in [5.74, 6) is 0. The lowest BCUT2D eigenvalue weighted by atomic mass is 9.74. The molecule has 1 aliphatic rings. The van der Waals surface area contributed by atoms with E-state index in [9.17, 15) is 13.2 Å². The van der Waals surface area contributed by atoms with Crippen LogP contribution >= 0.6 is 0 Å². The van der Waals surface area contributed by atoms with Gasteiger partial charge in [0.1, 0.15) is 0 Å². The normalized spacial score (nSPS) is 32.8. The Kier molecular flexibility index (Phi) is 3.39. The third-order valence-electron chi connectivity index (χ3n) is 2.62. The fourth-order valence-corrected chi connectivity index (χ4v) is 1.65. The first-order valence-corrected chi connectivity index (χ1v) is 4.45. The van der Waals surface area contributed by atoms with Crippen molar-refractivity contribution in [1.29, 1.82) is 0 Å². The summed E-state index contributed by atoms with van der Waals surface area (Å²) in [6.07, 6.45) is -3.04. The van der Waals surface area contributed by atoms with E-state index >= 15 is 0 Å². The summed E-state index contributed by atoms with van der Waals surface area (Å²) in [5, 5.41) is 2.46. The summed E-state index contributed by atoms with van der Waals surface area (Å²) in [7, 11) is 1.55. The molecule has 6 heteroatoms. The predicted octanol–water partition coefficient (Wildman–Crippen LogP) is 0.645. The van der Waals surface area contributed by atoms with Gasteiger partial charge in [-0.3, -0.25) is 0 Å². The molecule has 1 saturated carbocycles. The van der Waals surface area contributed by atoms with Gasteiger partial charge in [-0.25, -0.2) is 0 Å². The van der Waals surface area contributed by atoms with E-state index in [4.69, 9.17) is 10.5 Å². The average Bonchev–Trinajstić information content (AvgIpc) is 2.02. The molecule has 1 fully saturated rings. The van der Waals surface area contributed by atoms with Crippen LogP contribution in [-0.4, -0.2) is 38.0 Å². The number of nitrogens with two attached hydrogens (primary N) is 1. The van der Waals surface area contributed by atoms with Crippen LogP contribution in [0.3, 0.4) is 0 Å². The van der Waals surface area contributed by atoms with Gasteiger partial charge in [-0.2, -0.15) is 13.2 Å². The first kappa shape index (κ1) is 11.7. The maximum absolute atomic E-state index is 11.9. The van der Waals surface area contributed by atoms with Gasteiger partial charge in [0.05, 0.1) is 12.6 Å². The fourth-order valence-electron chi connectivity index (χ4n) is 1.65. The lowest BCUT2D eigenvalue weighted by molar-refractivity contribution is -0.135. The molecule has 0 bridgehead atoms. The topological polar surface area (TPSA) is 47.3 Å². The Bertz CT molecular complexity index is 190. The highest BCUT2D eigenvalue weighted by atomic mass is 19.4. The maximum atomic E-state index is 11.9. The number of alkyl halides is 3. The van der Waals surface area contributed by atoms with Gasteiger partial charge in [-0.1, -0.05) is 0 Å². The molecule has 1 rings (SSSR count). The quantitative estimate of drug-likeness (QED) is 0.719. The van der Waals surface area contributed by atoms with Crippen molar-refractivity contribution in [2.24, 2.45) is 5.73 Å². The Morgan fingerprint density at radius 2 is 2.07 bits per heavy atom. The van der Waals surface area contributed by atoms with E-state index in [1.54, 1.807) is 7.11 Å². The molecule has 0 unspecified atom stereocenters. The van der Waals surface area contributed by atoms with Crippen molar-refractivity contribution in [2.75, 3.05) is 20.2 Å². The van der Waals surface area contributed by atoms with Gasteiger partial charge in [0.2, 0.25) is 0 Å². The fraction of sp³-hybridized carbons (Fsp3) is 1.00. The van der Waals surface area contributed by atoms with Crippen molar-refractivity contribution < 1.29 is 17.9 Å². The van der Waals surface area contributed by atoms with E-state index in [1.165, 1.54) is 0 Å². The average molecular weight is 212 g/mol. The van der Waals surface area contributed by atoms with Crippen LogP contribution in [0.15, 0.2) is 0 Å². The van der Waals surface area contributed by atoms with Crippen LogP contribution in [0.25, 0.3) is 0 Å². The highest BCUT2D eigenvalue weighted by Gasteiger charge is 2.45. The van der Waals surface area contributed by atoms with Crippen LogP contribution in [0.2, 0.25) is 0 Å².